The van der Waals surface area contributed by atoms with E-state index in [0.29, 0.717) is 6.67 Å². The van der Waals surface area contributed by atoms with Gasteiger partial charge in [-0.25, -0.2) is 0 Å². The molecule has 0 saturated carbocycles. The van der Waals surface area contributed by atoms with Crippen molar-refractivity contribution >= 4 is 21.9 Å². The van der Waals surface area contributed by atoms with Crippen molar-refractivity contribution < 1.29 is 0 Å². The molecule has 20 heavy (non-hydrogen) atoms. The SMILES string of the molecule is c1ccc2c(c1)c1nccnc3ccc4c(c3-1)n2CN=4. The van der Waals surface area contributed by atoms with Crippen LogP contribution in [0.5, 0.6) is 0 Å². The van der Waals surface area contributed by atoms with E-state index in [1.54, 1.807) is 12.4 Å². The molecular weight excluding hydrogens is 248 g/mol. The van der Waals surface area contributed by atoms with Crippen LogP contribution in [0, 0.1) is 0 Å². The Morgan fingerprint density at radius 1 is 0.950 bits per heavy atom. The average molecular weight is 258 g/mol. The number of pyridine rings is 1. The minimum Gasteiger partial charge on any atom is -0.318 e. The summed E-state index contributed by atoms with van der Waals surface area (Å²) in [6.45, 7) is 0.670. The highest BCUT2D eigenvalue weighted by Crippen LogP contribution is 2.35. The number of benzene rings is 2. The Morgan fingerprint density at radius 2 is 1.85 bits per heavy atom. The van der Waals surface area contributed by atoms with E-state index in [2.05, 4.69) is 43.8 Å². The lowest BCUT2D eigenvalue weighted by Crippen LogP contribution is -2.07. The third-order valence-electron chi connectivity index (χ3n) is 3.96. The van der Waals surface area contributed by atoms with Gasteiger partial charge in [-0.2, -0.15) is 0 Å². The van der Waals surface area contributed by atoms with Crippen LogP contribution in [0.4, 0.5) is 0 Å². The van der Waals surface area contributed by atoms with E-state index in [1.807, 2.05) is 12.1 Å². The van der Waals surface area contributed by atoms with E-state index >= 15 is 0 Å². The number of para-hydroxylation sites is 1. The fourth-order valence-corrected chi connectivity index (χ4v) is 3.13. The first kappa shape index (κ1) is 10.1. The first-order valence-electron chi connectivity index (χ1n) is 6.59. The predicted molar refractivity (Wildman–Crippen MR) is 77.2 cm³/mol. The molecule has 0 bridgehead atoms. The normalized spacial score (nSPS) is 13.2. The average Bonchev–Trinajstić information content (AvgIpc) is 2.81. The molecule has 3 aliphatic heterocycles. The van der Waals surface area contributed by atoms with Gasteiger partial charge in [-0.05, 0) is 18.2 Å². The fourth-order valence-electron chi connectivity index (χ4n) is 3.13. The van der Waals surface area contributed by atoms with E-state index in [-0.39, 0.29) is 0 Å². The van der Waals surface area contributed by atoms with Crippen molar-refractivity contribution in [2.24, 2.45) is 4.99 Å². The van der Waals surface area contributed by atoms with E-state index < -0.39 is 0 Å². The van der Waals surface area contributed by atoms with Crippen LogP contribution in [0.15, 0.2) is 53.8 Å². The van der Waals surface area contributed by atoms with Gasteiger partial charge in [0.15, 0.2) is 0 Å². The van der Waals surface area contributed by atoms with Crippen LogP contribution in [0.1, 0.15) is 0 Å². The summed E-state index contributed by atoms with van der Waals surface area (Å²) in [6, 6.07) is 12.4. The number of fused-ring (bicyclic) bond motifs is 3. The lowest BCUT2D eigenvalue weighted by molar-refractivity contribution is 0.806. The summed E-state index contributed by atoms with van der Waals surface area (Å²) in [5, 5.41) is 2.18. The maximum Gasteiger partial charge on any atom is 0.115 e. The van der Waals surface area contributed by atoms with Gasteiger partial charge in [0.2, 0.25) is 0 Å². The summed E-state index contributed by atoms with van der Waals surface area (Å²) in [5.41, 5.74) is 5.39. The van der Waals surface area contributed by atoms with Crippen LogP contribution in [-0.2, 0) is 6.67 Å². The van der Waals surface area contributed by atoms with Crippen molar-refractivity contribution in [1.29, 1.82) is 0 Å². The summed E-state index contributed by atoms with van der Waals surface area (Å²) in [6.07, 6.45) is 3.52. The van der Waals surface area contributed by atoms with Crippen LogP contribution < -0.4 is 5.36 Å². The van der Waals surface area contributed by atoms with Crippen LogP contribution in [-0.4, -0.2) is 14.5 Å². The standard InChI is InChI=1S/C16H10N4/c1-2-4-13-10(3-1)15-14-11(17-7-8-18-15)5-6-12-16(14)20(13)9-19-12/h1-8H,9H2. The number of hydrogen-bond acceptors (Lipinski definition) is 3. The van der Waals surface area contributed by atoms with Gasteiger partial charge < -0.3 is 4.57 Å². The fraction of sp³-hybridized carbons (Fsp3) is 0.0625. The third kappa shape index (κ3) is 1.09. The van der Waals surface area contributed by atoms with E-state index in [1.165, 1.54) is 5.52 Å². The van der Waals surface area contributed by atoms with Gasteiger partial charge in [0.25, 0.3) is 0 Å². The maximum atomic E-state index is 4.62. The Balaban J connectivity index is 2.24. The number of aromatic nitrogens is 3. The molecule has 3 heterocycles. The third-order valence-corrected chi connectivity index (χ3v) is 3.96. The van der Waals surface area contributed by atoms with Crippen molar-refractivity contribution in [3.8, 4) is 11.3 Å². The highest BCUT2D eigenvalue weighted by atomic mass is 15.1. The zero-order valence-corrected chi connectivity index (χ0v) is 10.6. The topological polar surface area (TPSA) is 43.1 Å². The Bertz CT molecular complexity index is 1030. The lowest BCUT2D eigenvalue weighted by atomic mass is 10.0. The van der Waals surface area contributed by atoms with Crippen molar-refractivity contribution in [3.05, 3.63) is 54.1 Å². The van der Waals surface area contributed by atoms with Crippen LogP contribution in [0.25, 0.3) is 33.2 Å². The molecule has 2 aromatic carbocycles. The van der Waals surface area contributed by atoms with E-state index in [9.17, 15) is 0 Å². The zero-order chi connectivity index (χ0) is 13.1. The molecular formula is C16H10N4. The lowest BCUT2D eigenvalue weighted by Gasteiger charge is -2.14. The molecule has 4 nitrogen and oxygen atoms in total. The molecule has 94 valence electrons. The Kier molecular flexibility index (Phi) is 1.72. The van der Waals surface area contributed by atoms with Gasteiger partial charge in [-0.15, -0.1) is 0 Å². The molecule has 0 atom stereocenters. The van der Waals surface area contributed by atoms with Crippen LogP contribution >= 0.6 is 0 Å². The van der Waals surface area contributed by atoms with Crippen molar-refractivity contribution in [2.45, 2.75) is 6.67 Å². The molecule has 0 aromatic heterocycles. The molecule has 0 N–H and O–H groups in total. The minimum atomic E-state index is 0.670. The zero-order valence-electron chi connectivity index (χ0n) is 10.6. The second kappa shape index (κ2) is 3.42. The van der Waals surface area contributed by atoms with E-state index in [4.69, 9.17) is 0 Å². The predicted octanol–water partition coefficient (Wildman–Crippen LogP) is 2.56. The van der Waals surface area contributed by atoms with Crippen molar-refractivity contribution in [1.82, 2.24) is 14.5 Å². The molecule has 0 spiro atoms. The summed E-state index contributed by atoms with van der Waals surface area (Å²) >= 11 is 0. The molecule has 0 aliphatic carbocycles. The Labute approximate surface area is 114 Å². The smallest absolute Gasteiger partial charge is 0.115 e. The van der Waals surface area contributed by atoms with Crippen molar-refractivity contribution in [3.63, 3.8) is 0 Å². The van der Waals surface area contributed by atoms with Crippen molar-refractivity contribution in [2.75, 3.05) is 0 Å². The Morgan fingerprint density at radius 3 is 2.85 bits per heavy atom. The molecule has 0 saturated heterocycles. The van der Waals surface area contributed by atoms with Crippen LogP contribution in [0.3, 0.4) is 0 Å². The second-order valence-corrected chi connectivity index (χ2v) is 4.98. The van der Waals surface area contributed by atoms with Crippen LogP contribution in [0.2, 0.25) is 0 Å². The summed E-state index contributed by atoms with van der Waals surface area (Å²) in [5.74, 6) is 0. The number of hydrogen-bond donors (Lipinski definition) is 0. The summed E-state index contributed by atoms with van der Waals surface area (Å²) < 4.78 is 2.25. The molecule has 2 aromatic rings. The highest BCUT2D eigenvalue weighted by molar-refractivity contribution is 6.05. The Hall–Kier alpha value is -2.75. The summed E-state index contributed by atoms with van der Waals surface area (Å²) in [4.78, 5) is 13.7. The molecule has 0 radical (unpaired) electrons. The molecule has 0 amide bonds. The minimum absolute atomic E-state index is 0.670. The van der Waals surface area contributed by atoms with Gasteiger partial charge in [-0.1, -0.05) is 18.2 Å². The van der Waals surface area contributed by atoms with E-state index in [0.717, 1.165) is 33.0 Å². The molecule has 3 aliphatic rings. The monoisotopic (exact) mass is 258 g/mol. The first-order valence-corrected chi connectivity index (χ1v) is 6.59. The molecule has 4 heteroatoms. The summed E-state index contributed by atoms with van der Waals surface area (Å²) in [7, 11) is 0. The quantitative estimate of drug-likeness (QED) is 0.455. The number of rotatable bonds is 0. The first-order chi connectivity index (χ1) is 9.93. The molecule has 0 fully saturated rings. The number of nitrogens with zero attached hydrogens (tertiary/aromatic N) is 4. The molecule has 5 rings (SSSR count). The second-order valence-electron chi connectivity index (χ2n) is 4.98. The van der Waals surface area contributed by atoms with Gasteiger partial charge in [0.05, 0.1) is 33.2 Å². The largest absolute Gasteiger partial charge is 0.318 e. The highest BCUT2D eigenvalue weighted by Gasteiger charge is 2.21. The van der Waals surface area contributed by atoms with Gasteiger partial charge in [-0.3, -0.25) is 15.0 Å². The maximum absolute atomic E-state index is 4.62. The molecule has 0 unspecified atom stereocenters. The van der Waals surface area contributed by atoms with Gasteiger partial charge in [0.1, 0.15) is 6.67 Å². The van der Waals surface area contributed by atoms with Gasteiger partial charge in [0, 0.05) is 17.8 Å². The van der Waals surface area contributed by atoms with Gasteiger partial charge >= 0.3 is 0 Å².